The number of hydrogen-bond acceptors (Lipinski definition) is 7. The Bertz CT molecular complexity index is 1470. The van der Waals surface area contributed by atoms with Crippen LogP contribution in [-0.4, -0.2) is 53.2 Å². The highest BCUT2D eigenvalue weighted by atomic mass is 31.2. The number of allylic oxidation sites excluding steroid dienone is 1. The van der Waals surface area contributed by atoms with Gasteiger partial charge in [0.15, 0.2) is 11.5 Å². The minimum atomic E-state index is -3.21. The zero-order valence-corrected chi connectivity index (χ0v) is 21.7. The molecule has 0 saturated carbocycles. The molecule has 0 spiro atoms. The van der Waals surface area contributed by atoms with E-state index in [1.807, 2.05) is 33.2 Å². The van der Waals surface area contributed by atoms with Crippen molar-refractivity contribution in [2.45, 2.75) is 13.5 Å². The molecule has 2 aromatic heterocycles. The maximum absolute atomic E-state index is 14.7. The maximum atomic E-state index is 14.7. The summed E-state index contributed by atoms with van der Waals surface area (Å²) >= 11 is 0. The van der Waals surface area contributed by atoms with Gasteiger partial charge in [-0.15, -0.1) is 5.10 Å². The molecule has 2 heterocycles. The van der Waals surface area contributed by atoms with E-state index in [1.54, 1.807) is 10.7 Å². The second-order valence-electron chi connectivity index (χ2n) is 8.28. The van der Waals surface area contributed by atoms with Crippen LogP contribution in [0.4, 0.5) is 21.6 Å². The topological polar surface area (TPSA) is 113 Å². The summed E-state index contributed by atoms with van der Waals surface area (Å²) in [5, 5.41) is 16.8. The Morgan fingerprint density at radius 2 is 1.94 bits per heavy atom. The number of rotatable bonds is 9. The van der Waals surface area contributed by atoms with E-state index in [0.29, 0.717) is 29.3 Å². The Kier molecular flexibility index (Phi) is 7.44. The summed E-state index contributed by atoms with van der Waals surface area (Å²) in [6.07, 6.45) is 5.58. The van der Waals surface area contributed by atoms with E-state index in [4.69, 9.17) is 0 Å². The molecule has 4 rings (SSSR count). The molecule has 2 aromatic carbocycles. The normalized spacial score (nSPS) is 11.9. The summed E-state index contributed by atoms with van der Waals surface area (Å²) in [6, 6.07) is 10.6. The molecule has 0 aliphatic rings. The molecule has 36 heavy (non-hydrogen) atoms. The highest BCUT2D eigenvalue weighted by Crippen LogP contribution is 2.34. The van der Waals surface area contributed by atoms with E-state index in [0.717, 1.165) is 16.8 Å². The summed E-state index contributed by atoms with van der Waals surface area (Å²) in [4.78, 5) is 11.0. The first-order chi connectivity index (χ1) is 17.3. The van der Waals surface area contributed by atoms with Crippen molar-refractivity contribution in [1.29, 1.82) is 0 Å². The fourth-order valence-corrected chi connectivity index (χ4v) is 5.21. The average Bonchev–Trinajstić information content (AvgIpc) is 3.25. The van der Waals surface area contributed by atoms with Crippen molar-refractivity contribution in [3.05, 3.63) is 65.6 Å². The quantitative estimate of drug-likeness (QED) is 0.282. The van der Waals surface area contributed by atoms with E-state index >= 15 is 0 Å². The standard InChI is InChI=1S/C24H29FN9OP.3H2/c1-6-7-17-12-16(8-10-20(17)33(4)5)15-34-24-23(31-32-34)28-14-22(30-24)29-18-9-11-21(19(25)13-18)36(35,26-2)27-3;;;/h6-14H,15H2,1-5H3,(H,29,30)(H2,26,27,35);3*1H/b7-6-;;;. The summed E-state index contributed by atoms with van der Waals surface area (Å²) in [5.41, 5.74) is 4.60. The smallest absolute Gasteiger partial charge is 0.242 e. The van der Waals surface area contributed by atoms with Gasteiger partial charge in [-0.25, -0.2) is 19.0 Å². The minimum absolute atomic E-state index is 0. The minimum Gasteiger partial charge on any atom is -0.377 e. The Morgan fingerprint density at radius 3 is 2.61 bits per heavy atom. The molecule has 4 aromatic rings. The lowest BCUT2D eigenvalue weighted by Crippen LogP contribution is -2.27. The Balaban J connectivity index is 0.00000253. The van der Waals surface area contributed by atoms with Crippen molar-refractivity contribution >= 4 is 47.3 Å². The molecule has 12 heteroatoms. The summed E-state index contributed by atoms with van der Waals surface area (Å²) in [5.74, 6) is -0.202. The molecule has 10 nitrogen and oxygen atoms in total. The second-order valence-corrected chi connectivity index (χ2v) is 10.9. The third kappa shape index (κ3) is 5.13. The molecule has 0 radical (unpaired) electrons. The van der Waals surface area contributed by atoms with Gasteiger partial charge in [0.1, 0.15) is 5.82 Å². The Morgan fingerprint density at radius 1 is 1.17 bits per heavy atom. The second kappa shape index (κ2) is 10.5. The van der Waals surface area contributed by atoms with Gasteiger partial charge >= 0.3 is 0 Å². The molecular weight excluding hydrogens is 480 g/mol. The zero-order valence-electron chi connectivity index (χ0n) is 20.8. The first-order valence-corrected chi connectivity index (χ1v) is 13.0. The monoisotopic (exact) mass is 515 g/mol. The predicted octanol–water partition coefficient (Wildman–Crippen LogP) is 4.25. The van der Waals surface area contributed by atoms with Gasteiger partial charge in [-0.1, -0.05) is 23.4 Å². The Labute approximate surface area is 213 Å². The van der Waals surface area contributed by atoms with Crippen LogP contribution in [0, 0.1) is 5.82 Å². The molecule has 3 N–H and O–H groups in total. The van der Waals surface area contributed by atoms with Gasteiger partial charge < -0.3 is 10.2 Å². The first kappa shape index (κ1) is 25.4. The van der Waals surface area contributed by atoms with E-state index in [-0.39, 0.29) is 9.58 Å². The summed E-state index contributed by atoms with van der Waals surface area (Å²) < 4.78 is 29.1. The number of nitrogens with zero attached hydrogens (tertiary/aromatic N) is 6. The Hall–Kier alpha value is -3.66. The fraction of sp³-hybridized carbons (Fsp3) is 0.250. The number of aromatic nitrogens is 5. The number of halogens is 1. The van der Waals surface area contributed by atoms with Gasteiger partial charge in [0, 0.05) is 29.8 Å². The molecule has 0 unspecified atom stereocenters. The van der Waals surface area contributed by atoms with E-state index in [9.17, 15) is 8.96 Å². The van der Waals surface area contributed by atoms with Crippen molar-refractivity contribution in [3.63, 3.8) is 0 Å². The zero-order chi connectivity index (χ0) is 25.9. The van der Waals surface area contributed by atoms with Gasteiger partial charge in [-0.3, -0.25) is 14.7 Å². The van der Waals surface area contributed by atoms with E-state index < -0.39 is 13.3 Å². The van der Waals surface area contributed by atoms with Gasteiger partial charge in [0.2, 0.25) is 13.1 Å². The average molecular weight is 516 g/mol. The fourth-order valence-electron chi connectivity index (χ4n) is 3.86. The van der Waals surface area contributed by atoms with Crippen LogP contribution in [0.2, 0.25) is 0 Å². The van der Waals surface area contributed by atoms with Crippen LogP contribution in [0.3, 0.4) is 0 Å². The molecule has 0 saturated heterocycles. The number of anilines is 3. The molecular formula is C24H35FN9OP. The molecule has 0 atom stereocenters. The molecule has 0 bridgehead atoms. The van der Waals surface area contributed by atoms with Crippen LogP contribution in [-0.2, 0) is 11.1 Å². The van der Waals surface area contributed by atoms with Crippen LogP contribution in [0.25, 0.3) is 17.4 Å². The lowest BCUT2D eigenvalue weighted by atomic mass is 10.1. The summed E-state index contributed by atoms with van der Waals surface area (Å²) in [6.45, 7) is 2.44. The van der Waals surface area contributed by atoms with Crippen molar-refractivity contribution in [2.24, 2.45) is 0 Å². The summed E-state index contributed by atoms with van der Waals surface area (Å²) in [7, 11) is 3.84. The van der Waals surface area contributed by atoms with Crippen LogP contribution < -0.4 is 25.7 Å². The van der Waals surface area contributed by atoms with Gasteiger partial charge in [-0.2, -0.15) is 0 Å². The number of benzene rings is 2. The highest BCUT2D eigenvalue weighted by molar-refractivity contribution is 7.67. The van der Waals surface area contributed by atoms with Crippen LogP contribution in [0.1, 0.15) is 22.3 Å². The van der Waals surface area contributed by atoms with Crippen molar-refractivity contribution in [1.82, 2.24) is 35.1 Å². The van der Waals surface area contributed by atoms with Crippen LogP contribution in [0.15, 0.2) is 48.7 Å². The first-order valence-electron chi connectivity index (χ1n) is 11.3. The van der Waals surface area contributed by atoms with Gasteiger partial charge in [-0.05, 0) is 62.5 Å². The van der Waals surface area contributed by atoms with Crippen molar-refractivity contribution < 1.29 is 13.2 Å². The SMILES string of the molecule is C/C=C\c1cc(Cn2nnc3ncc(Nc4ccc(P(=O)(NC)NC)c(F)c4)nc32)ccc1N(C)C.[HH].[HH].[HH]. The van der Waals surface area contributed by atoms with E-state index in [1.165, 1.54) is 32.4 Å². The molecule has 0 fully saturated rings. The van der Waals surface area contributed by atoms with Crippen molar-refractivity contribution in [2.75, 3.05) is 38.4 Å². The van der Waals surface area contributed by atoms with Crippen molar-refractivity contribution in [3.8, 4) is 0 Å². The predicted molar refractivity (Wildman–Crippen MR) is 149 cm³/mol. The largest absolute Gasteiger partial charge is 0.377 e. The third-order valence-electron chi connectivity index (χ3n) is 5.67. The molecule has 0 amide bonds. The third-order valence-corrected chi connectivity index (χ3v) is 7.97. The van der Waals surface area contributed by atoms with E-state index in [2.05, 4.69) is 58.9 Å². The molecule has 0 aliphatic carbocycles. The van der Waals surface area contributed by atoms with Gasteiger partial charge in [0.25, 0.3) is 0 Å². The highest BCUT2D eigenvalue weighted by Gasteiger charge is 2.24. The molecule has 0 aliphatic heterocycles. The van der Waals surface area contributed by atoms with Crippen LogP contribution in [0.5, 0.6) is 0 Å². The maximum Gasteiger partial charge on any atom is 0.242 e. The molecule has 194 valence electrons. The lowest BCUT2D eigenvalue weighted by Gasteiger charge is -2.17. The van der Waals surface area contributed by atoms with Crippen LogP contribution >= 0.6 is 7.44 Å². The van der Waals surface area contributed by atoms with Gasteiger partial charge in [0.05, 0.1) is 18.0 Å². The number of fused-ring (bicyclic) bond motifs is 1. The lowest BCUT2D eigenvalue weighted by molar-refractivity contribution is 0.566. The number of hydrogen-bond donors (Lipinski definition) is 3. The number of nitrogens with one attached hydrogen (secondary N) is 3.